The van der Waals surface area contributed by atoms with Gasteiger partial charge in [0.05, 0.1) is 0 Å². The zero-order chi connectivity index (χ0) is 36.3. The van der Waals surface area contributed by atoms with Crippen LogP contribution >= 0.6 is 0 Å². The monoisotopic (exact) mass is 701 g/mol. The van der Waals surface area contributed by atoms with Crippen LogP contribution in [-0.4, -0.2) is 24.9 Å². The number of unbranched alkanes of at least 4 members (excludes halogenated alkanes) is 29. The Bertz CT molecular complexity index is 684. The number of Topliss-reactive ketones (excluding diaryl/α,β-unsaturated/α-hetero) is 1. The lowest BCUT2D eigenvalue weighted by Gasteiger charge is -2.08. The highest BCUT2D eigenvalue weighted by Crippen LogP contribution is 2.14. The van der Waals surface area contributed by atoms with Gasteiger partial charge in [0.25, 0.3) is 0 Å². The highest BCUT2D eigenvalue weighted by molar-refractivity contribution is 5.78. The standard InChI is InChI=1S/C46H88N2O2/c1-3-5-7-9-11-13-15-17-19-21-22-24-26-28-30-33-37-41-45(49)42-38-34-32-36-40-44-48-46(50)47-43-39-35-31-29-27-25-23-20-18-16-14-12-10-8-6-4-2/h17-20H,3-16,21-44H2,1-2H3,(H2,47,48,50)/b19-17-,20-18-. The fraction of sp³-hybridized carbons (Fsp3) is 0.870. The zero-order valence-corrected chi connectivity index (χ0v) is 34.0. The minimum absolute atomic E-state index is 0.0230. The van der Waals surface area contributed by atoms with Gasteiger partial charge in [-0.1, -0.05) is 179 Å². The fourth-order valence-electron chi connectivity index (χ4n) is 6.69. The first-order valence-corrected chi connectivity index (χ1v) is 22.5. The maximum absolute atomic E-state index is 12.2. The lowest BCUT2D eigenvalue weighted by Crippen LogP contribution is -2.36. The molecule has 0 aromatic carbocycles. The van der Waals surface area contributed by atoms with Crippen LogP contribution in [0.3, 0.4) is 0 Å². The minimum atomic E-state index is -0.0230. The third kappa shape index (κ3) is 42.6. The number of rotatable bonds is 41. The Kier molecular flexibility index (Phi) is 42.2. The Morgan fingerprint density at radius 1 is 0.340 bits per heavy atom. The van der Waals surface area contributed by atoms with Crippen LogP contribution in [0, 0.1) is 0 Å². The van der Waals surface area contributed by atoms with Crippen LogP contribution in [0.4, 0.5) is 4.79 Å². The highest BCUT2D eigenvalue weighted by atomic mass is 16.2. The molecule has 2 N–H and O–H groups in total. The van der Waals surface area contributed by atoms with Crippen molar-refractivity contribution in [2.24, 2.45) is 0 Å². The van der Waals surface area contributed by atoms with Crippen LogP contribution < -0.4 is 10.6 Å². The Labute approximate surface area is 313 Å². The molecule has 0 rings (SSSR count). The van der Waals surface area contributed by atoms with E-state index in [1.165, 1.54) is 173 Å². The van der Waals surface area contributed by atoms with Crippen LogP contribution in [0.1, 0.15) is 245 Å². The second-order valence-corrected chi connectivity index (χ2v) is 15.2. The molecular formula is C46H88N2O2. The molecule has 0 aromatic rings. The summed E-state index contributed by atoms with van der Waals surface area (Å²) in [5.74, 6) is 0.456. The summed E-state index contributed by atoms with van der Waals surface area (Å²) >= 11 is 0. The number of hydrogen-bond donors (Lipinski definition) is 2. The predicted molar refractivity (Wildman–Crippen MR) is 222 cm³/mol. The normalized spacial score (nSPS) is 11.6. The summed E-state index contributed by atoms with van der Waals surface area (Å²) in [6, 6.07) is -0.0230. The summed E-state index contributed by atoms with van der Waals surface area (Å²) < 4.78 is 0. The van der Waals surface area contributed by atoms with Gasteiger partial charge in [-0.2, -0.15) is 0 Å². The molecule has 0 heterocycles. The lowest BCUT2D eigenvalue weighted by atomic mass is 10.0. The molecule has 0 bridgehead atoms. The summed E-state index contributed by atoms with van der Waals surface area (Å²) in [5, 5.41) is 6.00. The molecule has 294 valence electrons. The van der Waals surface area contributed by atoms with Crippen molar-refractivity contribution in [3.8, 4) is 0 Å². The number of carbonyl (C=O) groups excluding carboxylic acids is 2. The smallest absolute Gasteiger partial charge is 0.314 e. The second kappa shape index (κ2) is 43.6. The largest absolute Gasteiger partial charge is 0.338 e. The molecule has 0 aliphatic carbocycles. The van der Waals surface area contributed by atoms with Gasteiger partial charge in [-0.05, 0) is 77.0 Å². The molecule has 0 spiro atoms. The van der Waals surface area contributed by atoms with E-state index in [1.807, 2.05) is 0 Å². The number of ketones is 1. The van der Waals surface area contributed by atoms with Crippen LogP contribution in [0.2, 0.25) is 0 Å². The Morgan fingerprint density at radius 2 is 0.600 bits per heavy atom. The maximum atomic E-state index is 12.2. The van der Waals surface area contributed by atoms with Gasteiger partial charge >= 0.3 is 6.03 Å². The van der Waals surface area contributed by atoms with Gasteiger partial charge in [-0.3, -0.25) is 4.79 Å². The van der Waals surface area contributed by atoms with E-state index in [0.717, 1.165) is 70.9 Å². The molecule has 0 aliphatic rings. The first-order chi connectivity index (χ1) is 24.7. The van der Waals surface area contributed by atoms with E-state index in [-0.39, 0.29) is 6.03 Å². The number of amides is 2. The molecule has 0 aliphatic heterocycles. The van der Waals surface area contributed by atoms with E-state index in [2.05, 4.69) is 48.8 Å². The van der Waals surface area contributed by atoms with Gasteiger partial charge in [0.15, 0.2) is 0 Å². The van der Waals surface area contributed by atoms with Crippen molar-refractivity contribution < 1.29 is 9.59 Å². The number of allylic oxidation sites excluding steroid dienone is 4. The fourth-order valence-corrected chi connectivity index (χ4v) is 6.69. The van der Waals surface area contributed by atoms with Crippen LogP contribution in [0.25, 0.3) is 0 Å². The molecule has 0 radical (unpaired) electrons. The van der Waals surface area contributed by atoms with Gasteiger partial charge in [0.1, 0.15) is 5.78 Å². The molecule has 50 heavy (non-hydrogen) atoms. The van der Waals surface area contributed by atoms with Crippen molar-refractivity contribution in [2.45, 2.75) is 245 Å². The summed E-state index contributed by atoms with van der Waals surface area (Å²) in [6.45, 7) is 6.08. The minimum Gasteiger partial charge on any atom is -0.338 e. The van der Waals surface area contributed by atoms with Gasteiger partial charge in [-0.25, -0.2) is 4.79 Å². The van der Waals surface area contributed by atoms with Gasteiger partial charge in [0, 0.05) is 25.9 Å². The molecule has 0 atom stereocenters. The van der Waals surface area contributed by atoms with Gasteiger partial charge in [0.2, 0.25) is 0 Å². The quantitative estimate of drug-likeness (QED) is 0.0493. The maximum Gasteiger partial charge on any atom is 0.314 e. The number of nitrogens with one attached hydrogen (secondary N) is 2. The Balaban J connectivity index is 3.29. The summed E-state index contributed by atoms with van der Waals surface area (Å²) in [4.78, 5) is 24.2. The first-order valence-electron chi connectivity index (χ1n) is 22.5. The van der Waals surface area contributed by atoms with E-state index in [4.69, 9.17) is 0 Å². The van der Waals surface area contributed by atoms with Crippen LogP contribution in [0.5, 0.6) is 0 Å². The molecule has 0 unspecified atom stereocenters. The summed E-state index contributed by atoms with van der Waals surface area (Å²) in [5.41, 5.74) is 0. The molecule has 4 nitrogen and oxygen atoms in total. The van der Waals surface area contributed by atoms with Crippen molar-refractivity contribution >= 4 is 11.8 Å². The summed E-state index contributed by atoms with van der Waals surface area (Å²) in [6.07, 6.45) is 54.6. The van der Waals surface area contributed by atoms with Gasteiger partial charge in [-0.15, -0.1) is 0 Å². The lowest BCUT2D eigenvalue weighted by molar-refractivity contribution is -0.119. The van der Waals surface area contributed by atoms with Crippen molar-refractivity contribution in [3.05, 3.63) is 24.3 Å². The van der Waals surface area contributed by atoms with E-state index in [9.17, 15) is 9.59 Å². The average molecular weight is 701 g/mol. The molecule has 0 fully saturated rings. The molecule has 0 saturated carbocycles. The van der Waals surface area contributed by atoms with E-state index in [0.29, 0.717) is 5.78 Å². The Morgan fingerprint density at radius 3 is 0.920 bits per heavy atom. The first kappa shape index (κ1) is 48.4. The van der Waals surface area contributed by atoms with E-state index >= 15 is 0 Å². The SMILES string of the molecule is CCCCCCCC/C=C\CCCCCCCCCC(=O)CCCCCCCNC(=O)NCCCCCCCC/C=C\CCCCCCCC. The molecular weight excluding hydrogens is 613 g/mol. The number of urea groups is 1. The topological polar surface area (TPSA) is 58.2 Å². The van der Waals surface area contributed by atoms with Gasteiger partial charge < -0.3 is 10.6 Å². The van der Waals surface area contributed by atoms with Crippen molar-refractivity contribution in [3.63, 3.8) is 0 Å². The van der Waals surface area contributed by atoms with E-state index < -0.39 is 0 Å². The third-order valence-corrected chi connectivity index (χ3v) is 10.1. The zero-order valence-electron chi connectivity index (χ0n) is 34.0. The van der Waals surface area contributed by atoms with Crippen LogP contribution in [0.15, 0.2) is 24.3 Å². The molecule has 0 aromatic heterocycles. The van der Waals surface area contributed by atoms with Crippen molar-refractivity contribution in [1.82, 2.24) is 10.6 Å². The van der Waals surface area contributed by atoms with Crippen molar-refractivity contribution in [2.75, 3.05) is 13.1 Å². The van der Waals surface area contributed by atoms with Crippen LogP contribution in [-0.2, 0) is 4.79 Å². The molecule has 4 heteroatoms. The van der Waals surface area contributed by atoms with E-state index in [1.54, 1.807) is 0 Å². The Hall–Kier alpha value is -1.58. The molecule has 0 saturated heterocycles. The van der Waals surface area contributed by atoms with Crippen molar-refractivity contribution in [1.29, 1.82) is 0 Å². The number of hydrogen-bond acceptors (Lipinski definition) is 2. The average Bonchev–Trinajstić information content (AvgIpc) is 3.12. The third-order valence-electron chi connectivity index (χ3n) is 10.1. The number of carbonyl (C=O) groups is 2. The predicted octanol–water partition coefficient (Wildman–Crippen LogP) is 15.1. The molecule has 2 amide bonds. The highest BCUT2D eigenvalue weighted by Gasteiger charge is 2.03. The second-order valence-electron chi connectivity index (χ2n) is 15.2. The summed E-state index contributed by atoms with van der Waals surface area (Å²) in [7, 11) is 0.